The van der Waals surface area contributed by atoms with Gasteiger partial charge in [-0.15, -0.1) is 0 Å². The van der Waals surface area contributed by atoms with Gasteiger partial charge in [0.25, 0.3) is 0 Å². The number of pyridine rings is 1. The van der Waals surface area contributed by atoms with E-state index in [4.69, 9.17) is 4.74 Å². The van der Waals surface area contributed by atoms with E-state index >= 15 is 0 Å². The minimum atomic E-state index is 0.164. The Morgan fingerprint density at radius 3 is 2.75 bits per heavy atom. The van der Waals surface area contributed by atoms with Gasteiger partial charge in [-0.1, -0.05) is 6.07 Å². The zero-order valence-electron chi connectivity index (χ0n) is 11.9. The summed E-state index contributed by atoms with van der Waals surface area (Å²) in [7, 11) is 5.64. The van der Waals surface area contributed by atoms with E-state index in [-0.39, 0.29) is 6.04 Å². The number of likely N-dealkylation sites (N-methyl/N-ethyl adjacent to an activating group) is 1. The Hall–Kier alpha value is -2.21. The minimum Gasteiger partial charge on any atom is -0.481 e. The molecule has 0 unspecified atom stereocenters. The first kappa shape index (κ1) is 14.2. The molecule has 6 nitrogen and oxygen atoms in total. The second-order valence-corrected chi connectivity index (χ2v) is 4.56. The number of anilines is 1. The van der Waals surface area contributed by atoms with Crippen LogP contribution in [-0.4, -0.2) is 47.6 Å². The molecule has 0 radical (unpaired) electrons. The molecule has 0 saturated heterocycles. The van der Waals surface area contributed by atoms with Gasteiger partial charge in [-0.25, -0.2) is 9.97 Å². The van der Waals surface area contributed by atoms with Crippen LogP contribution in [0.2, 0.25) is 0 Å². The fourth-order valence-corrected chi connectivity index (χ4v) is 1.87. The SMILES string of the molecule is COc1cc(NC[C@@H](c2ccccn2)N(C)C)ncn1. The van der Waals surface area contributed by atoms with Gasteiger partial charge in [-0.3, -0.25) is 9.88 Å². The predicted octanol–water partition coefficient (Wildman–Crippen LogP) is 1.59. The zero-order chi connectivity index (χ0) is 14.4. The van der Waals surface area contributed by atoms with E-state index in [9.17, 15) is 0 Å². The second-order valence-electron chi connectivity index (χ2n) is 4.56. The fraction of sp³-hybridized carbons (Fsp3) is 0.357. The van der Waals surface area contributed by atoms with E-state index in [2.05, 4.69) is 25.2 Å². The lowest BCUT2D eigenvalue weighted by atomic mass is 10.1. The van der Waals surface area contributed by atoms with E-state index in [1.807, 2.05) is 32.3 Å². The number of ether oxygens (including phenoxy) is 1. The van der Waals surface area contributed by atoms with E-state index in [0.717, 1.165) is 11.5 Å². The van der Waals surface area contributed by atoms with Crippen molar-refractivity contribution in [2.45, 2.75) is 6.04 Å². The molecular formula is C14H19N5O. The summed E-state index contributed by atoms with van der Waals surface area (Å²) in [6.45, 7) is 0.699. The number of methoxy groups -OCH3 is 1. The zero-order valence-corrected chi connectivity index (χ0v) is 11.9. The van der Waals surface area contributed by atoms with Crippen molar-refractivity contribution in [3.63, 3.8) is 0 Å². The Labute approximate surface area is 118 Å². The van der Waals surface area contributed by atoms with Gasteiger partial charge in [0.2, 0.25) is 5.88 Å². The molecule has 0 bridgehead atoms. The maximum Gasteiger partial charge on any atom is 0.218 e. The van der Waals surface area contributed by atoms with Crippen LogP contribution < -0.4 is 10.1 Å². The molecule has 0 aliphatic heterocycles. The van der Waals surface area contributed by atoms with Crippen molar-refractivity contribution in [2.24, 2.45) is 0 Å². The Balaban J connectivity index is 2.06. The van der Waals surface area contributed by atoms with Crippen molar-refractivity contribution in [3.05, 3.63) is 42.5 Å². The maximum absolute atomic E-state index is 5.08. The fourth-order valence-electron chi connectivity index (χ4n) is 1.87. The number of hydrogen-bond acceptors (Lipinski definition) is 6. The lowest BCUT2D eigenvalue weighted by Crippen LogP contribution is -2.27. The molecule has 1 atom stereocenters. The summed E-state index contributed by atoms with van der Waals surface area (Å²) in [6, 6.07) is 7.86. The molecule has 1 N–H and O–H groups in total. The third kappa shape index (κ3) is 3.64. The molecule has 0 amide bonds. The monoisotopic (exact) mass is 273 g/mol. The van der Waals surface area contributed by atoms with Crippen LogP contribution in [0.4, 0.5) is 5.82 Å². The summed E-state index contributed by atoms with van der Waals surface area (Å²) < 4.78 is 5.08. The number of rotatable bonds is 6. The van der Waals surface area contributed by atoms with Crippen LogP contribution in [-0.2, 0) is 0 Å². The minimum absolute atomic E-state index is 0.164. The summed E-state index contributed by atoms with van der Waals surface area (Å²) in [5.41, 5.74) is 1.02. The van der Waals surface area contributed by atoms with Crippen LogP contribution in [0, 0.1) is 0 Å². The van der Waals surface area contributed by atoms with E-state index in [1.54, 1.807) is 19.4 Å². The summed E-state index contributed by atoms with van der Waals surface area (Å²) in [6.07, 6.45) is 3.28. The highest BCUT2D eigenvalue weighted by molar-refractivity contribution is 5.37. The van der Waals surface area contributed by atoms with Crippen molar-refractivity contribution >= 4 is 5.82 Å². The lowest BCUT2D eigenvalue weighted by molar-refractivity contribution is 0.306. The van der Waals surface area contributed by atoms with Gasteiger partial charge in [0.15, 0.2) is 0 Å². The first-order valence-corrected chi connectivity index (χ1v) is 6.38. The predicted molar refractivity (Wildman–Crippen MR) is 77.7 cm³/mol. The van der Waals surface area contributed by atoms with E-state index < -0.39 is 0 Å². The van der Waals surface area contributed by atoms with E-state index in [1.165, 1.54) is 6.33 Å². The highest BCUT2D eigenvalue weighted by atomic mass is 16.5. The average Bonchev–Trinajstić information content (AvgIpc) is 2.48. The summed E-state index contributed by atoms with van der Waals surface area (Å²) in [5, 5.41) is 3.29. The molecule has 2 aromatic heterocycles. The molecular weight excluding hydrogens is 254 g/mol. The normalized spacial score (nSPS) is 12.2. The average molecular weight is 273 g/mol. The molecule has 20 heavy (non-hydrogen) atoms. The molecule has 0 spiro atoms. The molecule has 2 heterocycles. The largest absolute Gasteiger partial charge is 0.481 e. The summed E-state index contributed by atoms with van der Waals surface area (Å²) in [5.74, 6) is 1.28. The highest BCUT2D eigenvalue weighted by Crippen LogP contribution is 2.17. The highest BCUT2D eigenvalue weighted by Gasteiger charge is 2.15. The number of nitrogens with zero attached hydrogens (tertiary/aromatic N) is 4. The van der Waals surface area contributed by atoms with Crippen molar-refractivity contribution in [1.29, 1.82) is 0 Å². The van der Waals surface area contributed by atoms with Gasteiger partial charge in [0.1, 0.15) is 12.1 Å². The number of aromatic nitrogens is 3. The van der Waals surface area contributed by atoms with Crippen LogP contribution in [0.25, 0.3) is 0 Å². The van der Waals surface area contributed by atoms with Gasteiger partial charge in [0.05, 0.1) is 18.8 Å². The first-order valence-electron chi connectivity index (χ1n) is 6.38. The molecule has 0 aliphatic carbocycles. The summed E-state index contributed by atoms with van der Waals surface area (Å²) >= 11 is 0. The quantitative estimate of drug-likeness (QED) is 0.862. The molecule has 106 valence electrons. The Morgan fingerprint density at radius 2 is 2.10 bits per heavy atom. The summed E-state index contributed by atoms with van der Waals surface area (Å²) in [4.78, 5) is 14.7. The molecule has 0 fully saturated rings. The van der Waals surface area contributed by atoms with Gasteiger partial charge in [-0.2, -0.15) is 0 Å². The second kappa shape index (κ2) is 6.81. The number of nitrogens with one attached hydrogen (secondary N) is 1. The van der Waals surface area contributed by atoms with Crippen molar-refractivity contribution in [1.82, 2.24) is 19.9 Å². The first-order chi connectivity index (χ1) is 9.70. The standard InChI is InChI=1S/C14H19N5O/c1-19(2)12(11-6-4-5-7-15-11)9-16-13-8-14(20-3)18-10-17-13/h4-8,10,12H,9H2,1-3H3,(H,16,17,18)/t12-/m0/s1. The van der Waals surface area contributed by atoms with Crippen molar-refractivity contribution in [2.75, 3.05) is 33.1 Å². The van der Waals surface area contributed by atoms with Crippen LogP contribution in [0.15, 0.2) is 36.8 Å². The number of hydrogen-bond donors (Lipinski definition) is 1. The van der Waals surface area contributed by atoms with E-state index in [0.29, 0.717) is 12.4 Å². The molecule has 0 saturated carbocycles. The topological polar surface area (TPSA) is 63.2 Å². The Bertz CT molecular complexity index is 532. The Morgan fingerprint density at radius 1 is 1.25 bits per heavy atom. The van der Waals surface area contributed by atoms with Crippen molar-refractivity contribution in [3.8, 4) is 5.88 Å². The van der Waals surface area contributed by atoms with Gasteiger partial charge in [-0.05, 0) is 26.2 Å². The molecule has 2 aromatic rings. The smallest absolute Gasteiger partial charge is 0.218 e. The van der Waals surface area contributed by atoms with Gasteiger partial charge < -0.3 is 10.1 Å². The lowest BCUT2D eigenvalue weighted by Gasteiger charge is -2.24. The third-order valence-corrected chi connectivity index (χ3v) is 2.98. The third-order valence-electron chi connectivity index (χ3n) is 2.98. The maximum atomic E-state index is 5.08. The molecule has 2 rings (SSSR count). The van der Waals surface area contributed by atoms with Crippen LogP contribution in [0.5, 0.6) is 5.88 Å². The van der Waals surface area contributed by atoms with Crippen LogP contribution >= 0.6 is 0 Å². The molecule has 0 aliphatic rings. The molecule has 6 heteroatoms. The Kier molecular flexibility index (Phi) is 4.84. The van der Waals surface area contributed by atoms with Crippen molar-refractivity contribution < 1.29 is 4.74 Å². The van der Waals surface area contributed by atoms with Gasteiger partial charge >= 0.3 is 0 Å². The van der Waals surface area contributed by atoms with Crippen LogP contribution in [0.1, 0.15) is 11.7 Å². The molecule has 0 aromatic carbocycles. The van der Waals surface area contributed by atoms with Gasteiger partial charge in [0, 0.05) is 18.8 Å². The van der Waals surface area contributed by atoms with Crippen LogP contribution in [0.3, 0.4) is 0 Å².